The molecule has 2 atom stereocenters. The highest BCUT2D eigenvalue weighted by Gasteiger charge is 2.24. The second-order valence-corrected chi connectivity index (χ2v) is 6.01. The van der Waals surface area contributed by atoms with Gasteiger partial charge in [-0.2, -0.15) is 0 Å². The van der Waals surface area contributed by atoms with Gasteiger partial charge in [0.2, 0.25) is 0 Å². The number of aliphatic hydroxyl groups excluding tert-OH is 1. The summed E-state index contributed by atoms with van der Waals surface area (Å²) in [6.45, 7) is 9.98. The predicted octanol–water partition coefficient (Wildman–Crippen LogP) is 1.51. The van der Waals surface area contributed by atoms with E-state index in [4.69, 9.17) is 4.74 Å². The first-order chi connectivity index (χ1) is 8.15. The predicted molar refractivity (Wildman–Crippen MR) is 72.5 cm³/mol. The smallest absolute Gasteiger partial charge is 0.407 e. The average molecular weight is 260 g/mol. The monoisotopic (exact) mass is 260 g/mol. The lowest BCUT2D eigenvalue weighted by atomic mass is 9.99. The summed E-state index contributed by atoms with van der Waals surface area (Å²) in [5.74, 6) is 0.386. The van der Waals surface area contributed by atoms with E-state index in [9.17, 15) is 9.90 Å². The van der Waals surface area contributed by atoms with Crippen LogP contribution in [0.1, 0.15) is 41.0 Å². The second-order valence-electron chi connectivity index (χ2n) is 6.01. The quantitative estimate of drug-likeness (QED) is 0.677. The van der Waals surface area contributed by atoms with Crippen molar-refractivity contribution >= 4 is 6.09 Å². The molecule has 0 saturated heterocycles. The molecule has 108 valence electrons. The summed E-state index contributed by atoms with van der Waals surface area (Å²) in [5.41, 5.74) is -0.527. The Morgan fingerprint density at radius 2 is 1.89 bits per heavy atom. The minimum absolute atomic E-state index is 0.299. The standard InChI is InChI=1S/C13H28N2O3/c1-9(2)7-10(11(16)8-14-6)15-12(17)18-13(3,4)5/h9-11,14,16H,7-8H2,1-6H3,(H,15,17)/t10-,11-/m0/s1. The third-order valence-electron chi connectivity index (χ3n) is 2.31. The lowest BCUT2D eigenvalue weighted by molar-refractivity contribution is 0.0406. The van der Waals surface area contributed by atoms with Gasteiger partial charge < -0.3 is 20.5 Å². The van der Waals surface area contributed by atoms with Crippen molar-refractivity contribution in [3.05, 3.63) is 0 Å². The van der Waals surface area contributed by atoms with E-state index in [2.05, 4.69) is 24.5 Å². The summed E-state index contributed by atoms with van der Waals surface area (Å²) >= 11 is 0. The molecular weight excluding hydrogens is 232 g/mol. The number of ether oxygens (including phenoxy) is 1. The van der Waals surface area contributed by atoms with Crippen LogP contribution in [0.5, 0.6) is 0 Å². The number of rotatable bonds is 6. The van der Waals surface area contributed by atoms with Gasteiger partial charge in [-0.15, -0.1) is 0 Å². The van der Waals surface area contributed by atoms with Crippen LogP contribution in [0.15, 0.2) is 0 Å². The Balaban J connectivity index is 4.44. The Bertz CT molecular complexity index is 249. The van der Waals surface area contributed by atoms with Crippen LogP contribution in [-0.2, 0) is 4.74 Å². The Kier molecular flexibility index (Phi) is 7.25. The number of carbonyl (C=O) groups excluding carboxylic acids is 1. The number of hydrogen-bond acceptors (Lipinski definition) is 4. The topological polar surface area (TPSA) is 70.6 Å². The Morgan fingerprint density at radius 3 is 2.28 bits per heavy atom. The van der Waals surface area contributed by atoms with E-state index < -0.39 is 17.8 Å². The Hall–Kier alpha value is -0.810. The van der Waals surface area contributed by atoms with Crippen LogP contribution in [0.3, 0.4) is 0 Å². The number of aliphatic hydroxyl groups is 1. The van der Waals surface area contributed by atoms with Crippen molar-refractivity contribution in [1.29, 1.82) is 0 Å². The minimum Gasteiger partial charge on any atom is -0.444 e. The molecule has 0 fully saturated rings. The number of amides is 1. The Morgan fingerprint density at radius 1 is 1.33 bits per heavy atom. The average Bonchev–Trinajstić information content (AvgIpc) is 2.13. The lowest BCUT2D eigenvalue weighted by Crippen LogP contribution is -2.49. The molecule has 0 spiro atoms. The molecule has 0 aromatic heterocycles. The van der Waals surface area contributed by atoms with Gasteiger partial charge in [-0.1, -0.05) is 13.8 Å². The zero-order chi connectivity index (χ0) is 14.3. The van der Waals surface area contributed by atoms with E-state index >= 15 is 0 Å². The van der Waals surface area contributed by atoms with Gasteiger partial charge in [0, 0.05) is 6.54 Å². The fourth-order valence-corrected chi connectivity index (χ4v) is 1.63. The second kappa shape index (κ2) is 7.59. The van der Waals surface area contributed by atoms with Crippen molar-refractivity contribution in [2.45, 2.75) is 58.8 Å². The molecule has 0 aliphatic rings. The van der Waals surface area contributed by atoms with Crippen molar-refractivity contribution in [1.82, 2.24) is 10.6 Å². The lowest BCUT2D eigenvalue weighted by Gasteiger charge is -2.27. The molecule has 3 N–H and O–H groups in total. The van der Waals surface area contributed by atoms with Gasteiger partial charge in [0.1, 0.15) is 5.60 Å². The highest BCUT2D eigenvalue weighted by molar-refractivity contribution is 5.68. The molecule has 5 heteroatoms. The maximum absolute atomic E-state index is 11.7. The van der Waals surface area contributed by atoms with Crippen molar-refractivity contribution in [2.24, 2.45) is 5.92 Å². The largest absolute Gasteiger partial charge is 0.444 e. The molecule has 1 amide bonds. The molecule has 18 heavy (non-hydrogen) atoms. The van der Waals surface area contributed by atoms with E-state index in [1.54, 1.807) is 7.05 Å². The van der Waals surface area contributed by atoms with Crippen molar-refractivity contribution in [2.75, 3.05) is 13.6 Å². The first-order valence-electron chi connectivity index (χ1n) is 6.48. The molecule has 0 aromatic rings. The summed E-state index contributed by atoms with van der Waals surface area (Å²) in [7, 11) is 1.77. The summed E-state index contributed by atoms with van der Waals surface area (Å²) in [5, 5.41) is 15.6. The van der Waals surface area contributed by atoms with Gasteiger partial charge in [-0.25, -0.2) is 4.79 Å². The SMILES string of the molecule is CNC[C@H](O)[C@H](CC(C)C)NC(=O)OC(C)(C)C. The maximum Gasteiger partial charge on any atom is 0.407 e. The van der Waals surface area contributed by atoms with Gasteiger partial charge in [-0.05, 0) is 40.2 Å². The number of hydrogen-bond donors (Lipinski definition) is 3. The van der Waals surface area contributed by atoms with Crippen molar-refractivity contribution in [3.8, 4) is 0 Å². The van der Waals surface area contributed by atoms with E-state index in [-0.39, 0.29) is 6.04 Å². The minimum atomic E-state index is -0.620. The first kappa shape index (κ1) is 17.2. The molecule has 0 aliphatic carbocycles. The van der Waals surface area contributed by atoms with Crippen molar-refractivity contribution < 1.29 is 14.6 Å². The van der Waals surface area contributed by atoms with Gasteiger partial charge in [0.05, 0.1) is 12.1 Å². The molecule has 0 unspecified atom stereocenters. The zero-order valence-electron chi connectivity index (χ0n) is 12.4. The molecule has 0 heterocycles. The first-order valence-corrected chi connectivity index (χ1v) is 6.48. The van der Waals surface area contributed by atoms with Crippen LogP contribution in [0, 0.1) is 5.92 Å². The number of alkyl carbamates (subject to hydrolysis) is 1. The van der Waals surface area contributed by atoms with Gasteiger partial charge in [0.15, 0.2) is 0 Å². The highest BCUT2D eigenvalue weighted by atomic mass is 16.6. The Labute approximate surface area is 110 Å². The zero-order valence-corrected chi connectivity index (χ0v) is 12.4. The normalized spacial score (nSPS) is 15.3. The van der Waals surface area contributed by atoms with Crippen LogP contribution in [-0.4, -0.2) is 42.5 Å². The molecule has 0 aliphatic heterocycles. The van der Waals surface area contributed by atoms with Crippen LogP contribution in [0.25, 0.3) is 0 Å². The third-order valence-corrected chi connectivity index (χ3v) is 2.31. The van der Waals surface area contributed by atoms with Crippen LogP contribution in [0.4, 0.5) is 4.79 Å². The molecule has 0 saturated carbocycles. The fraction of sp³-hybridized carbons (Fsp3) is 0.923. The van der Waals surface area contributed by atoms with Crippen LogP contribution in [0.2, 0.25) is 0 Å². The van der Waals surface area contributed by atoms with E-state index in [0.29, 0.717) is 18.9 Å². The molecule has 5 nitrogen and oxygen atoms in total. The van der Waals surface area contributed by atoms with Crippen LogP contribution < -0.4 is 10.6 Å². The molecule has 0 bridgehead atoms. The maximum atomic E-state index is 11.7. The van der Waals surface area contributed by atoms with E-state index in [1.807, 2.05) is 20.8 Å². The highest BCUT2D eigenvalue weighted by Crippen LogP contribution is 2.11. The summed E-state index contributed by atoms with van der Waals surface area (Å²) < 4.78 is 5.20. The summed E-state index contributed by atoms with van der Waals surface area (Å²) in [6, 6.07) is -0.299. The molecular formula is C13H28N2O3. The number of likely N-dealkylation sites (N-methyl/N-ethyl adjacent to an activating group) is 1. The van der Waals surface area contributed by atoms with E-state index in [1.165, 1.54) is 0 Å². The van der Waals surface area contributed by atoms with Gasteiger partial charge in [-0.3, -0.25) is 0 Å². The van der Waals surface area contributed by atoms with Crippen molar-refractivity contribution in [3.63, 3.8) is 0 Å². The van der Waals surface area contributed by atoms with Crippen LogP contribution >= 0.6 is 0 Å². The fourth-order valence-electron chi connectivity index (χ4n) is 1.63. The third kappa shape index (κ3) is 8.31. The summed E-state index contributed by atoms with van der Waals surface area (Å²) in [4.78, 5) is 11.7. The number of nitrogens with one attached hydrogen (secondary N) is 2. The molecule has 0 rings (SSSR count). The summed E-state index contributed by atoms with van der Waals surface area (Å²) in [6.07, 6.45) is -0.393. The molecule has 0 radical (unpaired) electrons. The van der Waals surface area contributed by atoms with E-state index in [0.717, 1.165) is 0 Å². The molecule has 0 aromatic carbocycles. The van der Waals surface area contributed by atoms with Gasteiger partial charge >= 0.3 is 6.09 Å². The van der Waals surface area contributed by atoms with Gasteiger partial charge in [0.25, 0.3) is 0 Å². The number of carbonyl (C=O) groups is 1.